The first-order valence-electron chi connectivity index (χ1n) is 7.56. The summed E-state index contributed by atoms with van der Waals surface area (Å²) in [5.74, 6) is -4.19. The number of nitrogens with zero attached hydrogens (tertiary/aromatic N) is 1. The lowest BCUT2D eigenvalue weighted by Gasteiger charge is -2.23. The van der Waals surface area contributed by atoms with Crippen LogP contribution in [-0.2, 0) is 4.74 Å². The highest BCUT2D eigenvalue weighted by Crippen LogP contribution is 2.46. The first kappa shape index (κ1) is 20.5. The van der Waals surface area contributed by atoms with Gasteiger partial charge in [0.1, 0.15) is 5.75 Å². The van der Waals surface area contributed by atoms with Crippen LogP contribution in [0, 0.1) is 0 Å². The molecular weight excluding hydrogens is 380 g/mol. The summed E-state index contributed by atoms with van der Waals surface area (Å²) in [5, 5.41) is 0. The number of hydrogen-bond acceptors (Lipinski definition) is 4. The summed E-state index contributed by atoms with van der Waals surface area (Å²) < 4.78 is 86.3. The van der Waals surface area contributed by atoms with Gasteiger partial charge in [0.15, 0.2) is 5.92 Å². The van der Waals surface area contributed by atoms with Crippen molar-refractivity contribution in [3.8, 4) is 11.6 Å². The molecule has 1 aromatic heterocycles. The Morgan fingerprint density at radius 3 is 2.04 bits per heavy atom. The smallest absolute Gasteiger partial charge is 0.404 e. The number of halogens is 6. The maximum Gasteiger partial charge on any atom is 0.404 e. The molecule has 0 radical (unpaired) electrons. The highest BCUT2D eigenvalue weighted by atomic mass is 19.4. The Kier molecular flexibility index (Phi) is 5.97. The van der Waals surface area contributed by atoms with Crippen LogP contribution in [-0.4, -0.2) is 29.9 Å². The molecule has 0 amide bonds. The molecule has 0 spiro atoms. The maximum absolute atomic E-state index is 12.7. The van der Waals surface area contributed by atoms with Crippen molar-refractivity contribution in [1.82, 2.24) is 4.98 Å². The molecule has 0 fully saturated rings. The molecule has 0 aliphatic rings. The zero-order valence-corrected chi connectivity index (χ0v) is 13.8. The predicted molar refractivity (Wildman–Crippen MR) is 81.6 cm³/mol. The SMILES string of the molecule is CCOC(=O)c1ccc(Oc2ccc(C(C(F)(F)F)C(F)(F)F)cc2)nc1. The van der Waals surface area contributed by atoms with Gasteiger partial charge in [0.2, 0.25) is 5.88 Å². The molecule has 27 heavy (non-hydrogen) atoms. The number of esters is 1. The summed E-state index contributed by atoms with van der Waals surface area (Å²) in [6.07, 6.45) is -9.76. The van der Waals surface area contributed by atoms with Crippen molar-refractivity contribution >= 4 is 5.97 Å². The number of benzene rings is 1. The molecule has 0 atom stereocenters. The van der Waals surface area contributed by atoms with E-state index >= 15 is 0 Å². The van der Waals surface area contributed by atoms with Crippen molar-refractivity contribution in [2.45, 2.75) is 25.2 Å². The maximum atomic E-state index is 12.7. The Morgan fingerprint density at radius 2 is 1.59 bits per heavy atom. The van der Waals surface area contributed by atoms with E-state index in [1.54, 1.807) is 6.92 Å². The van der Waals surface area contributed by atoms with Crippen LogP contribution in [0.1, 0.15) is 28.8 Å². The van der Waals surface area contributed by atoms with E-state index in [9.17, 15) is 31.1 Å². The normalized spacial score (nSPS) is 12.1. The van der Waals surface area contributed by atoms with E-state index in [4.69, 9.17) is 9.47 Å². The van der Waals surface area contributed by atoms with E-state index in [0.717, 1.165) is 12.1 Å². The van der Waals surface area contributed by atoms with E-state index in [0.29, 0.717) is 12.1 Å². The average molecular weight is 393 g/mol. The van der Waals surface area contributed by atoms with E-state index in [1.165, 1.54) is 18.3 Å². The van der Waals surface area contributed by atoms with Gasteiger partial charge >= 0.3 is 18.3 Å². The fraction of sp³-hybridized carbons (Fsp3) is 0.294. The van der Waals surface area contributed by atoms with Gasteiger partial charge in [0.25, 0.3) is 0 Å². The quantitative estimate of drug-likeness (QED) is 0.514. The molecule has 1 heterocycles. The first-order chi connectivity index (χ1) is 12.5. The molecule has 1 aromatic carbocycles. The van der Waals surface area contributed by atoms with Crippen molar-refractivity contribution in [3.63, 3.8) is 0 Å². The summed E-state index contributed by atoms with van der Waals surface area (Å²) in [6, 6.07) is 6.00. The fourth-order valence-corrected chi connectivity index (χ4v) is 2.19. The summed E-state index contributed by atoms with van der Waals surface area (Å²) in [6.45, 7) is 1.81. The van der Waals surface area contributed by atoms with Gasteiger partial charge in [-0.25, -0.2) is 9.78 Å². The van der Waals surface area contributed by atoms with Crippen LogP contribution in [0.15, 0.2) is 42.6 Å². The molecule has 10 heteroatoms. The second-order valence-corrected chi connectivity index (χ2v) is 5.29. The number of ether oxygens (including phenoxy) is 2. The van der Waals surface area contributed by atoms with Crippen LogP contribution < -0.4 is 4.74 Å². The van der Waals surface area contributed by atoms with Crippen LogP contribution in [0.4, 0.5) is 26.3 Å². The van der Waals surface area contributed by atoms with E-state index in [-0.39, 0.29) is 23.8 Å². The van der Waals surface area contributed by atoms with E-state index in [1.807, 2.05) is 0 Å². The number of alkyl halides is 6. The summed E-state index contributed by atoms with van der Waals surface area (Å²) >= 11 is 0. The number of hydrogen-bond donors (Lipinski definition) is 0. The largest absolute Gasteiger partial charge is 0.462 e. The minimum Gasteiger partial charge on any atom is -0.462 e. The van der Waals surface area contributed by atoms with Crippen LogP contribution in [0.5, 0.6) is 11.6 Å². The highest BCUT2D eigenvalue weighted by Gasteiger charge is 2.57. The van der Waals surface area contributed by atoms with Crippen molar-refractivity contribution in [2.75, 3.05) is 6.61 Å². The first-order valence-corrected chi connectivity index (χ1v) is 7.56. The second-order valence-electron chi connectivity index (χ2n) is 5.29. The minimum absolute atomic E-state index is 0.000934. The topological polar surface area (TPSA) is 48.4 Å². The van der Waals surface area contributed by atoms with Crippen molar-refractivity contribution in [2.24, 2.45) is 0 Å². The highest BCUT2D eigenvalue weighted by molar-refractivity contribution is 5.89. The second kappa shape index (κ2) is 7.85. The van der Waals surface area contributed by atoms with Gasteiger partial charge in [0.05, 0.1) is 12.2 Å². The van der Waals surface area contributed by atoms with Crippen LogP contribution in [0.3, 0.4) is 0 Å². The molecule has 2 rings (SSSR count). The molecule has 0 aliphatic heterocycles. The third-order valence-corrected chi connectivity index (χ3v) is 3.34. The number of aromatic nitrogens is 1. The molecular formula is C17H13F6NO3. The monoisotopic (exact) mass is 393 g/mol. The molecule has 0 unspecified atom stereocenters. The van der Waals surface area contributed by atoms with Gasteiger partial charge in [-0.1, -0.05) is 12.1 Å². The molecule has 2 aromatic rings. The van der Waals surface area contributed by atoms with Gasteiger partial charge in [-0.3, -0.25) is 0 Å². The third-order valence-electron chi connectivity index (χ3n) is 3.34. The Labute approximate surface area is 149 Å². The van der Waals surface area contributed by atoms with Crippen LogP contribution in [0.25, 0.3) is 0 Å². The van der Waals surface area contributed by atoms with Gasteiger partial charge < -0.3 is 9.47 Å². The van der Waals surface area contributed by atoms with E-state index in [2.05, 4.69) is 4.98 Å². The summed E-state index contributed by atoms with van der Waals surface area (Å²) in [5.41, 5.74) is -0.786. The fourth-order valence-electron chi connectivity index (χ4n) is 2.19. The predicted octanol–water partition coefficient (Wildman–Crippen LogP) is 5.26. The zero-order valence-electron chi connectivity index (χ0n) is 13.8. The number of rotatable bonds is 5. The van der Waals surface area contributed by atoms with Gasteiger partial charge in [-0.2, -0.15) is 26.3 Å². The molecule has 0 aliphatic carbocycles. The number of pyridine rings is 1. The summed E-state index contributed by atoms with van der Waals surface area (Å²) in [7, 11) is 0. The Morgan fingerprint density at radius 1 is 1.00 bits per heavy atom. The van der Waals surface area contributed by atoms with Crippen molar-refractivity contribution < 1.29 is 40.6 Å². The lowest BCUT2D eigenvalue weighted by molar-refractivity contribution is -0.253. The number of carbonyl (C=O) groups excluding carboxylic acids is 1. The Hall–Kier alpha value is -2.78. The van der Waals surface area contributed by atoms with Gasteiger partial charge in [0, 0.05) is 12.3 Å². The Balaban J connectivity index is 2.15. The van der Waals surface area contributed by atoms with Gasteiger partial charge in [-0.05, 0) is 30.7 Å². The molecule has 0 saturated carbocycles. The minimum atomic E-state index is -5.47. The molecule has 0 N–H and O–H groups in total. The molecule has 0 bridgehead atoms. The van der Waals surface area contributed by atoms with Crippen molar-refractivity contribution in [1.29, 1.82) is 0 Å². The van der Waals surface area contributed by atoms with Crippen molar-refractivity contribution in [3.05, 3.63) is 53.7 Å². The zero-order chi connectivity index (χ0) is 20.2. The Bertz CT molecular complexity index is 755. The average Bonchev–Trinajstić information content (AvgIpc) is 2.55. The number of carbonyl (C=O) groups is 1. The lowest BCUT2D eigenvalue weighted by Crippen LogP contribution is -2.34. The van der Waals surface area contributed by atoms with E-state index < -0.39 is 29.8 Å². The molecule has 0 saturated heterocycles. The van der Waals surface area contributed by atoms with Crippen LogP contribution >= 0.6 is 0 Å². The molecule has 146 valence electrons. The van der Waals surface area contributed by atoms with Gasteiger partial charge in [-0.15, -0.1) is 0 Å². The molecule has 4 nitrogen and oxygen atoms in total. The third kappa shape index (κ3) is 5.35. The summed E-state index contributed by atoms with van der Waals surface area (Å²) in [4.78, 5) is 15.3. The van der Waals surface area contributed by atoms with Crippen LogP contribution in [0.2, 0.25) is 0 Å². The lowest BCUT2D eigenvalue weighted by atomic mass is 9.98. The standard InChI is InChI=1S/C17H13F6NO3/c1-2-26-15(25)11-5-8-13(24-9-11)27-12-6-3-10(4-7-12)14(16(18,19)20)17(21,22)23/h3-9,14H,2H2,1H3.